The number of fused-ring (bicyclic) bond motifs is 1. The van der Waals surface area contributed by atoms with Crippen molar-refractivity contribution in [1.82, 2.24) is 15.2 Å². The monoisotopic (exact) mass is 361 g/mol. The van der Waals surface area contributed by atoms with Gasteiger partial charge in [0, 0.05) is 46.1 Å². The van der Waals surface area contributed by atoms with E-state index in [-0.39, 0.29) is 17.6 Å². The Morgan fingerprint density at radius 1 is 1.35 bits per heavy atom. The molecule has 0 spiro atoms. The second kappa shape index (κ2) is 8.42. The summed E-state index contributed by atoms with van der Waals surface area (Å²) in [4.78, 5) is 18.6. The molecule has 2 aromatic rings. The van der Waals surface area contributed by atoms with Gasteiger partial charge in [0.25, 0.3) is 5.89 Å². The third-order valence-corrected chi connectivity index (χ3v) is 4.39. The van der Waals surface area contributed by atoms with Crippen molar-refractivity contribution in [2.45, 2.75) is 26.3 Å². The van der Waals surface area contributed by atoms with Gasteiger partial charge in [0.2, 0.25) is 0 Å². The zero-order valence-electron chi connectivity index (χ0n) is 15.2. The molecule has 0 saturated carbocycles. The van der Waals surface area contributed by atoms with Crippen LogP contribution in [0.3, 0.4) is 0 Å². The van der Waals surface area contributed by atoms with Gasteiger partial charge in [-0.15, -0.1) is 0 Å². The van der Waals surface area contributed by atoms with E-state index in [4.69, 9.17) is 9.15 Å². The smallest absolute Gasteiger partial charge is 0.307 e. The van der Waals surface area contributed by atoms with Gasteiger partial charge in [0.1, 0.15) is 11.6 Å². The number of nitrogens with zero attached hydrogens (tertiary/aromatic N) is 2. The lowest BCUT2D eigenvalue weighted by atomic mass is 10.1. The number of oxazole rings is 1. The molecule has 1 aromatic heterocycles. The Kier molecular flexibility index (Phi) is 6.00. The molecule has 26 heavy (non-hydrogen) atoms. The quantitative estimate of drug-likeness (QED) is 0.798. The van der Waals surface area contributed by atoms with Crippen molar-refractivity contribution in [1.29, 1.82) is 0 Å². The lowest BCUT2D eigenvalue weighted by molar-refractivity contribution is 0.0900. The fraction of sp³-hybridized carbons (Fsp3) is 0.474. The summed E-state index contributed by atoms with van der Waals surface area (Å²) in [6.07, 6.45) is 1.39. The lowest BCUT2D eigenvalue weighted by Crippen LogP contribution is -2.28. The van der Waals surface area contributed by atoms with Crippen LogP contribution in [0.1, 0.15) is 33.3 Å². The first-order valence-electron chi connectivity index (χ1n) is 8.79. The molecular weight excluding hydrogens is 337 g/mol. The lowest BCUT2D eigenvalue weighted by Gasteiger charge is -2.19. The Labute approximate surface area is 152 Å². The maximum atomic E-state index is 13.6. The molecule has 1 aromatic carbocycles. The van der Waals surface area contributed by atoms with Crippen molar-refractivity contribution in [2.75, 3.05) is 33.4 Å². The van der Waals surface area contributed by atoms with Crippen LogP contribution in [0.5, 0.6) is 0 Å². The van der Waals surface area contributed by atoms with Crippen LogP contribution in [-0.2, 0) is 24.1 Å². The standard InChI is InChI=1S/C19H24FN3O3/c1-13-9-14(11-15(20)10-13)12-23-6-3-16-17(4-7-23)26-19(22-16)18(24)21-5-8-25-2/h9-11H,3-8,12H2,1-2H3,(H,21,24). The second-order valence-electron chi connectivity index (χ2n) is 6.55. The average Bonchev–Trinajstić information content (AvgIpc) is 2.91. The number of carbonyl (C=O) groups is 1. The molecule has 1 aliphatic heterocycles. The van der Waals surface area contributed by atoms with Crippen molar-refractivity contribution in [3.05, 3.63) is 52.5 Å². The zero-order chi connectivity index (χ0) is 18.5. The summed E-state index contributed by atoms with van der Waals surface area (Å²) in [5.41, 5.74) is 2.72. The van der Waals surface area contributed by atoms with Gasteiger partial charge in [-0.25, -0.2) is 9.37 Å². The topological polar surface area (TPSA) is 67.6 Å². The van der Waals surface area contributed by atoms with E-state index in [1.165, 1.54) is 6.07 Å². The van der Waals surface area contributed by atoms with Crippen LogP contribution in [0.2, 0.25) is 0 Å². The van der Waals surface area contributed by atoms with E-state index in [1.807, 2.05) is 13.0 Å². The molecule has 1 N–H and O–H groups in total. The van der Waals surface area contributed by atoms with E-state index >= 15 is 0 Å². The summed E-state index contributed by atoms with van der Waals surface area (Å²) >= 11 is 0. The van der Waals surface area contributed by atoms with Crippen molar-refractivity contribution < 1.29 is 18.3 Å². The summed E-state index contributed by atoms with van der Waals surface area (Å²) in [5, 5.41) is 2.71. The zero-order valence-corrected chi connectivity index (χ0v) is 15.2. The third kappa shape index (κ3) is 4.68. The minimum Gasteiger partial charge on any atom is -0.437 e. The summed E-state index contributed by atoms with van der Waals surface area (Å²) in [5.74, 6) is 0.356. The maximum Gasteiger partial charge on any atom is 0.307 e. The Morgan fingerprint density at radius 2 is 2.15 bits per heavy atom. The summed E-state index contributed by atoms with van der Waals surface area (Å²) in [7, 11) is 1.58. The number of hydrogen-bond acceptors (Lipinski definition) is 5. The molecule has 0 fully saturated rings. The number of nitrogens with one attached hydrogen (secondary N) is 1. The Balaban J connectivity index is 1.59. The van der Waals surface area contributed by atoms with E-state index in [2.05, 4.69) is 15.2 Å². The van der Waals surface area contributed by atoms with Gasteiger partial charge in [-0.2, -0.15) is 0 Å². The number of carbonyl (C=O) groups excluding carboxylic acids is 1. The molecule has 0 bridgehead atoms. The van der Waals surface area contributed by atoms with E-state index in [0.717, 1.165) is 35.7 Å². The fourth-order valence-electron chi connectivity index (χ4n) is 3.17. The number of rotatable bonds is 6. The van der Waals surface area contributed by atoms with Crippen molar-refractivity contribution in [3.8, 4) is 0 Å². The first-order valence-corrected chi connectivity index (χ1v) is 8.79. The van der Waals surface area contributed by atoms with Crippen LogP contribution in [-0.4, -0.2) is 49.1 Å². The number of halogens is 1. The van der Waals surface area contributed by atoms with Gasteiger partial charge in [-0.3, -0.25) is 9.69 Å². The van der Waals surface area contributed by atoms with Gasteiger partial charge in [-0.1, -0.05) is 6.07 Å². The number of hydrogen-bond donors (Lipinski definition) is 1. The molecule has 7 heteroatoms. The highest BCUT2D eigenvalue weighted by atomic mass is 19.1. The number of aromatic nitrogens is 1. The number of methoxy groups -OCH3 is 1. The molecule has 1 aliphatic rings. The highest BCUT2D eigenvalue weighted by Crippen LogP contribution is 2.19. The van der Waals surface area contributed by atoms with E-state index < -0.39 is 0 Å². The molecule has 0 atom stereocenters. The maximum absolute atomic E-state index is 13.6. The minimum atomic E-state index is -0.317. The van der Waals surface area contributed by atoms with Gasteiger partial charge in [0.15, 0.2) is 0 Å². The molecule has 2 heterocycles. The Hall–Kier alpha value is -2.25. The van der Waals surface area contributed by atoms with Gasteiger partial charge in [0.05, 0.1) is 12.3 Å². The molecule has 0 unspecified atom stereocenters. The highest BCUT2D eigenvalue weighted by Gasteiger charge is 2.22. The first kappa shape index (κ1) is 18.5. The largest absolute Gasteiger partial charge is 0.437 e. The average molecular weight is 361 g/mol. The van der Waals surface area contributed by atoms with E-state index in [1.54, 1.807) is 13.2 Å². The third-order valence-electron chi connectivity index (χ3n) is 4.39. The second-order valence-corrected chi connectivity index (χ2v) is 6.55. The van der Waals surface area contributed by atoms with Crippen LogP contribution in [0, 0.1) is 12.7 Å². The van der Waals surface area contributed by atoms with E-state index in [0.29, 0.717) is 32.5 Å². The normalized spacial score (nSPS) is 14.7. The van der Waals surface area contributed by atoms with Crippen LogP contribution in [0.15, 0.2) is 22.6 Å². The Morgan fingerprint density at radius 3 is 2.92 bits per heavy atom. The van der Waals surface area contributed by atoms with Gasteiger partial charge < -0.3 is 14.5 Å². The molecule has 140 valence electrons. The first-order chi connectivity index (χ1) is 12.5. The van der Waals surface area contributed by atoms with Crippen molar-refractivity contribution >= 4 is 5.91 Å². The van der Waals surface area contributed by atoms with Gasteiger partial charge >= 0.3 is 5.91 Å². The molecular formula is C19H24FN3O3. The summed E-state index contributed by atoms with van der Waals surface area (Å²) in [6.45, 7) is 5.02. The molecule has 0 aliphatic carbocycles. The number of amides is 1. The van der Waals surface area contributed by atoms with Crippen LogP contribution in [0.25, 0.3) is 0 Å². The summed E-state index contributed by atoms with van der Waals surface area (Å²) in [6, 6.07) is 5.12. The van der Waals surface area contributed by atoms with Crippen LogP contribution >= 0.6 is 0 Å². The highest BCUT2D eigenvalue weighted by molar-refractivity contribution is 5.89. The fourth-order valence-corrected chi connectivity index (χ4v) is 3.17. The Bertz CT molecular complexity index is 730. The van der Waals surface area contributed by atoms with Crippen molar-refractivity contribution in [3.63, 3.8) is 0 Å². The van der Waals surface area contributed by atoms with Gasteiger partial charge in [-0.05, 0) is 30.2 Å². The minimum absolute atomic E-state index is 0.111. The molecule has 0 saturated heterocycles. The SMILES string of the molecule is COCCNC(=O)c1nc2c(o1)CCN(Cc1cc(C)cc(F)c1)CC2. The van der Waals surface area contributed by atoms with Crippen LogP contribution < -0.4 is 5.32 Å². The molecule has 6 nitrogen and oxygen atoms in total. The van der Waals surface area contributed by atoms with Crippen LogP contribution in [0.4, 0.5) is 4.39 Å². The van der Waals surface area contributed by atoms with Crippen molar-refractivity contribution in [2.24, 2.45) is 0 Å². The molecule has 3 rings (SSSR count). The number of aryl methyl sites for hydroxylation is 1. The molecule has 1 amide bonds. The molecule has 0 radical (unpaired) electrons. The predicted octanol–water partition coefficient (Wildman–Crippen LogP) is 2.10. The van der Waals surface area contributed by atoms with E-state index in [9.17, 15) is 9.18 Å². The summed E-state index contributed by atoms with van der Waals surface area (Å²) < 4.78 is 24.1. The predicted molar refractivity (Wildman–Crippen MR) is 94.5 cm³/mol. The number of benzene rings is 1. The number of ether oxygens (including phenoxy) is 1.